The van der Waals surface area contributed by atoms with Gasteiger partial charge in [-0.25, -0.2) is 9.37 Å². The number of fused-ring (bicyclic) bond motifs is 1. The number of methoxy groups -OCH3 is 2. The maximum Gasteiger partial charge on any atom is 0.221 e. The van der Waals surface area contributed by atoms with Crippen LogP contribution in [-0.2, 0) is 6.42 Å². The van der Waals surface area contributed by atoms with Crippen molar-refractivity contribution >= 4 is 35.4 Å². The highest BCUT2D eigenvalue weighted by Crippen LogP contribution is 2.43. The average Bonchev–Trinajstić information content (AvgIpc) is 3.21. The van der Waals surface area contributed by atoms with Crippen LogP contribution >= 0.6 is 12.6 Å². The molecule has 4 aromatic rings. The fourth-order valence-electron chi connectivity index (χ4n) is 3.44. The number of furan rings is 1. The van der Waals surface area contributed by atoms with Crippen LogP contribution < -0.4 is 20.9 Å². The minimum absolute atomic E-state index is 0.113. The first-order valence-corrected chi connectivity index (χ1v) is 9.90. The summed E-state index contributed by atoms with van der Waals surface area (Å²) in [6, 6.07) is 9.88. The lowest BCUT2D eigenvalue weighted by atomic mass is 10.0. The van der Waals surface area contributed by atoms with Gasteiger partial charge in [0.25, 0.3) is 0 Å². The molecule has 0 saturated heterocycles. The molecule has 0 amide bonds. The molecule has 0 saturated carbocycles. The lowest BCUT2D eigenvalue weighted by Crippen LogP contribution is -2.04. The Hall–Kier alpha value is -3.46. The van der Waals surface area contributed by atoms with Gasteiger partial charge in [-0.1, -0.05) is 12.1 Å². The highest BCUT2D eigenvalue weighted by atomic mass is 32.1. The maximum atomic E-state index is 13.3. The van der Waals surface area contributed by atoms with E-state index >= 15 is 0 Å². The zero-order valence-corrected chi connectivity index (χ0v) is 17.8. The van der Waals surface area contributed by atoms with Crippen molar-refractivity contribution in [3.8, 4) is 11.5 Å². The standard InChI is InChI=1S/C22H21FN4O3S/c1-28-16-8-12(7-13-10-26-22(25)27-21(13)24)15-9-17(30-18(15)19(16)29-2)20(31)11-3-5-14(23)6-4-11/h3-6,8-10,20,31H,7H2,1-2H3,(H4,24,25,26,27). The van der Waals surface area contributed by atoms with Crippen LogP contribution in [0.4, 0.5) is 16.2 Å². The summed E-state index contributed by atoms with van der Waals surface area (Å²) in [5.74, 6) is 1.66. The van der Waals surface area contributed by atoms with E-state index in [0.29, 0.717) is 40.6 Å². The predicted octanol–water partition coefficient (Wildman–Crippen LogP) is 4.15. The van der Waals surface area contributed by atoms with Gasteiger partial charge in [0.15, 0.2) is 11.3 Å². The Morgan fingerprint density at radius 3 is 2.48 bits per heavy atom. The van der Waals surface area contributed by atoms with Crippen molar-refractivity contribution in [2.45, 2.75) is 11.7 Å². The number of hydrogen-bond acceptors (Lipinski definition) is 8. The molecule has 31 heavy (non-hydrogen) atoms. The second kappa shape index (κ2) is 8.35. The second-order valence-electron chi connectivity index (χ2n) is 6.93. The quantitative estimate of drug-likeness (QED) is 0.386. The van der Waals surface area contributed by atoms with Crippen LogP contribution in [0.3, 0.4) is 0 Å². The molecule has 0 fully saturated rings. The van der Waals surface area contributed by atoms with Crippen molar-refractivity contribution in [3.05, 3.63) is 70.9 Å². The van der Waals surface area contributed by atoms with Crippen LogP contribution in [-0.4, -0.2) is 24.2 Å². The second-order valence-corrected chi connectivity index (χ2v) is 7.45. The fourth-order valence-corrected chi connectivity index (χ4v) is 3.74. The third kappa shape index (κ3) is 3.96. The molecule has 0 aliphatic rings. The van der Waals surface area contributed by atoms with E-state index in [1.54, 1.807) is 32.5 Å². The van der Waals surface area contributed by atoms with Crippen molar-refractivity contribution in [1.29, 1.82) is 0 Å². The summed E-state index contributed by atoms with van der Waals surface area (Å²) in [7, 11) is 3.10. The van der Waals surface area contributed by atoms with Crippen LogP contribution in [0.25, 0.3) is 11.0 Å². The van der Waals surface area contributed by atoms with Gasteiger partial charge in [0, 0.05) is 23.6 Å². The first-order valence-electron chi connectivity index (χ1n) is 9.39. The van der Waals surface area contributed by atoms with Crippen molar-refractivity contribution < 1.29 is 18.3 Å². The third-order valence-corrected chi connectivity index (χ3v) is 5.56. The van der Waals surface area contributed by atoms with E-state index in [2.05, 4.69) is 22.6 Å². The van der Waals surface area contributed by atoms with Crippen LogP contribution in [0.2, 0.25) is 0 Å². The Labute approximate surface area is 183 Å². The predicted molar refractivity (Wildman–Crippen MR) is 120 cm³/mol. The van der Waals surface area contributed by atoms with Crippen LogP contribution in [0, 0.1) is 5.82 Å². The summed E-state index contributed by atoms with van der Waals surface area (Å²) >= 11 is 4.69. The van der Waals surface area contributed by atoms with E-state index in [0.717, 1.165) is 16.5 Å². The molecule has 4 N–H and O–H groups in total. The molecule has 0 aliphatic heterocycles. The molecular formula is C22H21FN4O3S. The molecule has 0 bridgehead atoms. The Kier molecular flexibility index (Phi) is 5.60. The van der Waals surface area contributed by atoms with E-state index in [1.807, 2.05) is 12.1 Å². The molecular weight excluding hydrogens is 419 g/mol. The van der Waals surface area contributed by atoms with Crippen LogP contribution in [0.1, 0.15) is 27.7 Å². The minimum atomic E-state index is -0.401. The highest BCUT2D eigenvalue weighted by Gasteiger charge is 2.22. The van der Waals surface area contributed by atoms with E-state index in [-0.39, 0.29) is 11.8 Å². The van der Waals surface area contributed by atoms with Gasteiger partial charge in [0.2, 0.25) is 11.7 Å². The molecule has 0 radical (unpaired) electrons. The summed E-state index contributed by atoms with van der Waals surface area (Å²) in [6.07, 6.45) is 2.02. The number of nitrogens with two attached hydrogens (primary N) is 2. The number of thiol groups is 1. The van der Waals surface area contributed by atoms with Gasteiger partial charge in [-0.05, 0) is 35.4 Å². The molecule has 9 heteroatoms. The molecule has 7 nitrogen and oxygen atoms in total. The zero-order valence-electron chi connectivity index (χ0n) is 16.9. The number of nitrogen functional groups attached to an aromatic ring is 2. The molecule has 0 aliphatic carbocycles. The first-order chi connectivity index (χ1) is 14.9. The molecule has 0 spiro atoms. The largest absolute Gasteiger partial charge is 0.493 e. The van der Waals surface area contributed by atoms with Gasteiger partial charge < -0.3 is 25.4 Å². The van der Waals surface area contributed by atoms with Gasteiger partial charge in [-0.3, -0.25) is 0 Å². The number of anilines is 2. The first kappa shape index (κ1) is 20.8. The molecule has 160 valence electrons. The maximum absolute atomic E-state index is 13.3. The van der Waals surface area contributed by atoms with E-state index in [4.69, 9.17) is 25.4 Å². The Bertz CT molecular complexity index is 1240. The number of ether oxygens (including phenoxy) is 2. The number of nitrogens with zero attached hydrogens (tertiary/aromatic N) is 2. The summed E-state index contributed by atoms with van der Waals surface area (Å²) in [4.78, 5) is 8.07. The summed E-state index contributed by atoms with van der Waals surface area (Å²) in [5, 5.41) is 0.409. The number of halogens is 1. The Balaban J connectivity index is 1.84. The van der Waals surface area contributed by atoms with Crippen molar-refractivity contribution in [1.82, 2.24) is 9.97 Å². The Morgan fingerprint density at radius 1 is 1.10 bits per heavy atom. The fraction of sp³-hybridized carbons (Fsp3) is 0.182. The average molecular weight is 441 g/mol. The zero-order chi connectivity index (χ0) is 22.1. The molecule has 2 heterocycles. The smallest absolute Gasteiger partial charge is 0.221 e. The summed E-state index contributed by atoms with van der Waals surface area (Å²) in [5.41, 5.74) is 14.5. The lowest BCUT2D eigenvalue weighted by Gasteiger charge is -2.12. The molecule has 2 aromatic carbocycles. The normalized spacial score (nSPS) is 12.1. The van der Waals surface area contributed by atoms with Gasteiger partial charge in [-0.2, -0.15) is 17.6 Å². The Morgan fingerprint density at radius 2 is 1.84 bits per heavy atom. The third-order valence-electron chi connectivity index (χ3n) is 5.01. The lowest BCUT2D eigenvalue weighted by molar-refractivity contribution is 0.352. The van der Waals surface area contributed by atoms with Gasteiger partial charge in [0.1, 0.15) is 17.4 Å². The van der Waals surface area contributed by atoms with Gasteiger partial charge in [0.05, 0.1) is 19.5 Å². The van der Waals surface area contributed by atoms with E-state index in [1.165, 1.54) is 12.1 Å². The minimum Gasteiger partial charge on any atom is -0.493 e. The van der Waals surface area contributed by atoms with Crippen molar-refractivity contribution in [3.63, 3.8) is 0 Å². The van der Waals surface area contributed by atoms with Gasteiger partial charge in [-0.15, -0.1) is 0 Å². The molecule has 4 rings (SSSR count). The number of aromatic nitrogens is 2. The van der Waals surface area contributed by atoms with Crippen molar-refractivity contribution in [2.24, 2.45) is 0 Å². The monoisotopic (exact) mass is 440 g/mol. The SMILES string of the molecule is COc1cc(Cc2cnc(N)nc2N)c2cc(C(S)c3ccc(F)cc3)oc2c1OC. The molecule has 2 aromatic heterocycles. The van der Waals surface area contributed by atoms with Crippen LogP contribution in [0.5, 0.6) is 11.5 Å². The number of rotatable bonds is 6. The topological polar surface area (TPSA) is 109 Å². The molecule has 1 unspecified atom stereocenters. The van der Waals surface area contributed by atoms with Gasteiger partial charge >= 0.3 is 0 Å². The highest BCUT2D eigenvalue weighted by molar-refractivity contribution is 7.80. The van der Waals surface area contributed by atoms with E-state index < -0.39 is 5.25 Å². The van der Waals surface area contributed by atoms with Crippen LogP contribution in [0.15, 0.2) is 47.0 Å². The number of hydrogen-bond donors (Lipinski definition) is 3. The molecule has 1 atom stereocenters. The van der Waals surface area contributed by atoms with E-state index in [9.17, 15) is 4.39 Å². The number of benzene rings is 2. The summed E-state index contributed by atoms with van der Waals surface area (Å²) in [6.45, 7) is 0. The summed E-state index contributed by atoms with van der Waals surface area (Å²) < 4.78 is 30.5. The van der Waals surface area contributed by atoms with Crippen molar-refractivity contribution in [2.75, 3.05) is 25.7 Å².